The highest BCUT2D eigenvalue weighted by molar-refractivity contribution is 5.23. The van der Waals surface area contributed by atoms with E-state index in [4.69, 9.17) is 10.4 Å². The Labute approximate surface area is 84.8 Å². The molecule has 0 heterocycles. The van der Waals surface area contributed by atoms with E-state index in [9.17, 15) is 0 Å². The first-order chi connectivity index (χ1) is 6.80. The minimum Gasteiger partial charge on any atom is -0.395 e. The van der Waals surface area contributed by atoms with Crippen LogP contribution in [-0.2, 0) is 12.8 Å². The van der Waals surface area contributed by atoms with Crippen LogP contribution in [0.5, 0.6) is 0 Å². The van der Waals surface area contributed by atoms with Crippen LogP contribution >= 0.6 is 0 Å². The molecule has 1 atom stereocenters. The quantitative estimate of drug-likeness (QED) is 0.786. The number of nitriles is 1. The van der Waals surface area contributed by atoms with Gasteiger partial charge in [-0.15, -0.1) is 0 Å². The van der Waals surface area contributed by atoms with Gasteiger partial charge < -0.3 is 5.11 Å². The molecule has 0 spiro atoms. The van der Waals surface area contributed by atoms with E-state index in [1.54, 1.807) is 0 Å². The van der Waals surface area contributed by atoms with Gasteiger partial charge in [0.15, 0.2) is 0 Å². The normalized spacial score (nSPS) is 12.1. The molecule has 1 aromatic rings. The Morgan fingerprint density at radius 1 is 1.29 bits per heavy atom. The molecule has 0 bridgehead atoms. The summed E-state index contributed by atoms with van der Waals surface area (Å²) < 4.78 is 0. The molecule has 0 radical (unpaired) electrons. The third kappa shape index (κ3) is 2.86. The maximum absolute atomic E-state index is 8.87. The Bertz CT molecular complexity index is 310. The van der Waals surface area contributed by atoms with Crippen molar-refractivity contribution < 1.29 is 5.11 Å². The molecule has 74 valence electrons. The number of aliphatic hydroxyl groups excluding tert-OH is 1. The lowest BCUT2D eigenvalue weighted by molar-refractivity contribution is 0.255. The summed E-state index contributed by atoms with van der Waals surface area (Å²) in [5.41, 5.74) is 2.41. The fourth-order valence-corrected chi connectivity index (χ4v) is 1.35. The number of aliphatic hydroxyl groups is 1. The van der Waals surface area contributed by atoms with Gasteiger partial charge in [-0.05, 0) is 24.0 Å². The molecule has 0 saturated carbocycles. The van der Waals surface area contributed by atoms with Crippen molar-refractivity contribution in [1.82, 2.24) is 0 Å². The highest BCUT2D eigenvalue weighted by Crippen LogP contribution is 2.10. The highest BCUT2D eigenvalue weighted by Gasteiger charge is 2.06. The first kappa shape index (κ1) is 10.7. The molecule has 2 nitrogen and oxygen atoms in total. The van der Waals surface area contributed by atoms with Crippen molar-refractivity contribution in [2.45, 2.75) is 19.8 Å². The standard InChI is InChI=1S/C12H15NO/c1-2-10-3-5-11(6-4-10)7-12(8-13)9-14/h3-6,12,14H,2,7,9H2,1H3. The molecular formula is C12H15NO. The van der Waals surface area contributed by atoms with E-state index in [1.807, 2.05) is 12.1 Å². The van der Waals surface area contributed by atoms with E-state index >= 15 is 0 Å². The first-order valence-corrected chi connectivity index (χ1v) is 4.88. The second kappa shape index (κ2) is 5.41. The maximum Gasteiger partial charge on any atom is 0.0734 e. The molecule has 0 saturated heterocycles. The topological polar surface area (TPSA) is 44.0 Å². The molecule has 0 fully saturated rings. The van der Waals surface area contributed by atoms with E-state index in [0.29, 0.717) is 6.42 Å². The van der Waals surface area contributed by atoms with Crippen LogP contribution in [0, 0.1) is 17.2 Å². The summed E-state index contributed by atoms with van der Waals surface area (Å²) >= 11 is 0. The van der Waals surface area contributed by atoms with Gasteiger partial charge in [0.1, 0.15) is 0 Å². The van der Waals surface area contributed by atoms with Crippen molar-refractivity contribution >= 4 is 0 Å². The van der Waals surface area contributed by atoms with Crippen molar-refractivity contribution in [3.8, 4) is 6.07 Å². The fourth-order valence-electron chi connectivity index (χ4n) is 1.35. The second-order valence-corrected chi connectivity index (χ2v) is 3.38. The first-order valence-electron chi connectivity index (χ1n) is 4.88. The van der Waals surface area contributed by atoms with Crippen LogP contribution in [0.25, 0.3) is 0 Å². The molecule has 0 aromatic heterocycles. The predicted octanol–water partition coefficient (Wildman–Crippen LogP) is 1.92. The largest absolute Gasteiger partial charge is 0.395 e. The highest BCUT2D eigenvalue weighted by atomic mass is 16.3. The van der Waals surface area contributed by atoms with Crippen molar-refractivity contribution in [3.05, 3.63) is 35.4 Å². The van der Waals surface area contributed by atoms with Gasteiger partial charge >= 0.3 is 0 Å². The number of rotatable bonds is 4. The average molecular weight is 189 g/mol. The number of aryl methyl sites for hydroxylation is 1. The van der Waals surface area contributed by atoms with E-state index in [-0.39, 0.29) is 12.5 Å². The summed E-state index contributed by atoms with van der Waals surface area (Å²) in [5.74, 6) is -0.275. The zero-order valence-electron chi connectivity index (χ0n) is 8.40. The third-order valence-corrected chi connectivity index (χ3v) is 2.32. The molecule has 14 heavy (non-hydrogen) atoms. The molecule has 2 heteroatoms. The van der Waals surface area contributed by atoms with Gasteiger partial charge in [0.25, 0.3) is 0 Å². The predicted molar refractivity (Wildman–Crippen MR) is 55.7 cm³/mol. The molecule has 0 aliphatic carbocycles. The SMILES string of the molecule is CCc1ccc(CC(C#N)CO)cc1. The van der Waals surface area contributed by atoms with Gasteiger partial charge in [0.05, 0.1) is 18.6 Å². The van der Waals surface area contributed by atoms with Gasteiger partial charge in [-0.25, -0.2) is 0 Å². The zero-order valence-corrected chi connectivity index (χ0v) is 8.40. The third-order valence-electron chi connectivity index (χ3n) is 2.32. The fraction of sp³-hybridized carbons (Fsp3) is 0.417. The Morgan fingerprint density at radius 3 is 2.29 bits per heavy atom. The lowest BCUT2D eigenvalue weighted by atomic mass is 10.00. The Kier molecular flexibility index (Phi) is 4.15. The number of nitrogens with zero attached hydrogens (tertiary/aromatic N) is 1. The van der Waals surface area contributed by atoms with E-state index in [2.05, 4.69) is 25.1 Å². The molecule has 0 aliphatic heterocycles. The average Bonchev–Trinajstić information content (AvgIpc) is 2.26. The monoisotopic (exact) mass is 189 g/mol. The summed E-state index contributed by atoms with van der Waals surface area (Å²) in [4.78, 5) is 0. The minimum atomic E-state index is -0.275. The summed E-state index contributed by atoms with van der Waals surface area (Å²) in [6.45, 7) is 2.05. The van der Waals surface area contributed by atoms with E-state index < -0.39 is 0 Å². The molecule has 1 unspecified atom stereocenters. The van der Waals surface area contributed by atoms with Crippen LogP contribution in [-0.4, -0.2) is 11.7 Å². The number of hydrogen-bond acceptors (Lipinski definition) is 2. The minimum absolute atomic E-state index is 0.0635. The smallest absolute Gasteiger partial charge is 0.0734 e. The summed E-state index contributed by atoms with van der Waals surface area (Å²) in [6, 6.07) is 10.3. The van der Waals surface area contributed by atoms with Crippen LogP contribution < -0.4 is 0 Å². The maximum atomic E-state index is 8.87. The molecule has 0 amide bonds. The van der Waals surface area contributed by atoms with Crippen LogP contribution in [0.1, 0.15) is 18.1 Å². The van der Waals surface area contributed by atoms with E-state index in [1.165, 1.54) is 5.56 Å². The van der Waals surface area contributed by atoms with Crippen LogP contribution in [0.3, 0.4) is 0 Å². The number of benzene rings is 1. The van der Waals surface area contributed by atoms with Gasteiger partial charge in [0.2, 0.25) is 0 Å². The van der Waals surface area contributed by atoms with Gasteiger partial charge in [0, 0.05) is 0 Å². The Morgan fingerprint density at radius 2 is 1.86 bits per heavy atom. The van der Waals surface area contributed by atoms with Crippen molar-refractivity contribution in [1.29, 1.82) is 5.26 Å². The Hall–Kier alpha value is -1.33. The molecule has 1 rings (SSSR count). The lowest BCUT2D eigenvalue weighted by Crippen LogP contribution is -2.06. The zero-order chi connectivity index (χ0) is 10.4. The molecule has 1 aromatic carbocycles. The number of hydrogen-bond donors (Lipinski definition) is 1. The molecular weight excluding hydrogens is 174 g/mol. The van der Waals surface area contributed by atoms with Gasteiger partial charge in [-0.1, -0.05) is 31.2 Å². The Balaban J connectivity index is 2.64. The van der Waals surface area contributed by atoms with E-state index in [0.717, 1.165) is 12.0 Å². The van der Waals surface area contributed by atoms with Gasteiger partial charge in [-0.3, -0.25) is 0 Å². The molecule has 1 N–H and O–H groups in total. The summed E-state index contributed by atoms with van der Waals surface area (Å²) in [7, 11) is 0. The molecule has 0 aliphatic rings. The van der Waals surface area contributed by atoms with Crippen LogP contribution in [0.15, 0.2) is 24.3 Å². The lowest BCUT2D eigenvalue weighted by Gasteiger charge is -2.05. The van der Waals surface area contributed by atoms with Gasteiger partial charge in [-0.2, -0.15) is 5.26 Å². The van der Waals surface area contributed by atoms with Crippen LogP contribution in [0.4, 0.5) is 0 Å². The summed E-state index contributed by atoms with van der Waals surface area (Å²) in [6.07, 6.45) is 1.67. The van der Waals surface area contributed by atoms with Crippen molar-refractivity contribution in [2.24, 2.45) is 5.92 Å². The van der Waals surface area contributed by atoms with Crippen molar-refractivity contribution in [2.75, 3.05) is 6.61 Å². The van der Waals surface area contributed by atoms with Crippen molar-refractivity contribution in [3.63, 3.8) is 0 Å². The second-order valence-electron chi connectivity index (χ2n) is 3.38. The van der Waals surface area contributed by atoms with Crippen LogP contribution in [0.2, 0.25) is 0 Å². The summed E-state index contributed by atoms with van der Waals surface area (Å²) in [5, 5.41) is 17.5.